The van der Waals surface area contributed by atoms with Crippen LogP contribution in [0.5, 0.6) is 0 Å². The largest absolute Gasteiger partial charge is 0.462 e. The molecule has 2 rings (SSSR count). The van der Waals surface area contributed by atoms with Crippen LogP contribution in [0.4, 0.5) is 0 Å². The summed E-state index contributed by atoms with van der Waals surface area (Å²) in [6.45, 7) is 4.28. The highest BCUT2D eigenvalue weighted by Crippen LogP contribution is 2.36. The van der Waals surface area contributed by atoms with E-state index in [0.717, 1.165) is 29.6 Å². The van der Waals surface area contributed by atoms with E-state index in [1.54, 1.807) is 6.92 Å². The van der Waals surface area contributed by atoms with Crippen LogP contribution in [0.15, 0.2) is 47.6 Å². The maximum atomic E-state index is 12.6. The van der Waals surface area contributed by atoms with E-state index in [1.165, 1.54) is 38.5 Å². The molecule has 0 N–H and O–H groups in total. The molecule has 0 radical (unpaired) electrons. The molecule has 0 atom stereocenters. The van der Waals surface area contributed by atoms with Gasteiger partial charge in [-0.1, -0.05) is 81.9 Å². The molecule has 28 heavy (non-hydrogen) atoms. The van der Waals surface area contributed by atoms with Crippen molar-refractivity contribution in [2.24, 2.45) is 0 Å². The molecular formula is C25H34O3. The topological polar surface area (TPSA) is 43.4 Å². The molecule has 0 unspecified atom stereocenters. The second-order valence-corrected chi connectivity index (χ2v) is 7.40. The lowest BCUT2D eigenvalue weighted by Crippen LogP contribution is -2.22. The molecule has 0 fully saturated rings. The second kappa shape index (κ2) is 12.3. The molecule has 1 aliphatic carbocycles. The van der Waals surface area contributed by atoms with E-state index in [-0.39, 0.29) is 18.0 Å². The van der Waals surface area contributed by atoms with Gasteiger partial charge in [0.25, 0.3) is 0 Å². The SMILES string of the molecule is CCCCCCCCC/C=C1/CCC(=O)C(C(=O)OCC)=C1c1ccccc1. The van der Waals surface area contributed by atoms with Crippen molar-refractivity contribution >= 4 is 17.3 Å². The summed E-state index contributed by atoms with van der Waals surface area (Å²) >= 11 is 0. The number of ketones is 1. The van der Waals surface area contributed by atoms with Gasteiger partial charge in [0.15, 0.2) is 5.78 Å². The van der Waals surface area contributed by atoms with Crippen molar-refractivity contribution in [2.45, 2.75) is 78.1 Å². The summed E-state index contributed by atoms with van der Waals surface area (Å²) in [6.07, 6.45) is 13.3. The van der Waals surface area contributed by atoms with E-state index in [0.29, 0.717) is 12.8 Å². The van der Waals surface area contributed by atoms with E-state index in [9.17, 15) is 9.59 Å². The number of ether oxygens (including phenoxy) is 1. The Balaban J connectivity index is 2.15. The first kappa shape index (κ1) is 22.1. The number of allylic oxidation sites excluding steroid dienone is 3. The van der Waals surface area contributed by atoms with Crippen molar-refractivity contribution in [3.05, 3.63) is 53.1 Å². The Kier molecular flexibility index (Phi) is 9.74. The van der Waals surface area contributed by atoms with Gasteiger partial charge in [-0.05, 0) is 37.3 Å². The van der Waals surface area contributed by atoms with E-state index in [4.69, 9.17) is 4.74 Å². The Hall–Kier alpha value is -2.16. The fraction of sp³-hybridized carbons (Fsp3) is 0.520. The number of hydrogen-bond donors (Lipinski definition) is 0. The van der Waals surface area contributed by atoms with E-state index >= 15 is 0 Å². The van der Waals surface area contributed by atoms with Gasteiger partial charge in [-0.15, -0.1) is 0 Å². The highest BCUT2D eigenvalue weighted by atomic mass is 16.5. The summed E-state index contributed by atoms with van der Waals surface area (Å²) in [4.78, 5) is 25.1. The fourth-order valence-electron chi connectivity index (χ4n) is 3.73. The highest BCUT2D eigenvalue weighted by Gasteiger charge is 2.30. The molecule has 0 heterocycles. The van der Waals surface area contributed by atoms with Gasteiger partial charge >= 0.3 is 5.97 Å². The molecule has 0 aliphatic heterocycles. The second-order valence-electron chi connectivity index (χ2n) is 7.40. The predicted octanol–water partition coefficient (Wildman–Crippen LogP) is 6.43. The number of rotatable bonds is 11. The quantitative estimate of drug-likeness (QED) is 0.251. The summed E-state index contributed by atoms with van der Waals surface area (Å²) < 4.78 is 5.20. The third kappa shape index (κ3) is 6.47. The normalized spacial score (nSPS) is 15.9. The van der Waals surface area contributed by atoms with Crippen LogP contribution in [0.1, 0.15) is 83.6 Å². The van der Waals surface area contributed by atoms with Crippen molar-refractivity contribution in [3.8, 4) is 0 Å². The molecule has 152 valence electrons. The van der Waals surface area contributed by atoms with Crippen molar-refractivity contribution in [1.82, 2.24) is 0 Å². The Morgan fingerprint density at radius 2 is 1.64 bits per heavy atom. The molecule has 0 aromatic heterocycles. The molecule has 0 amide bonds. The van der Waals surface area contributed by atoms with E-state index < -0.39 is 5.97 Å². The first-order chi connectivity index (χ1) is 13.7. The van der Waals surface area contributed by atoms with Crippen molar-refractivity contribution in [3.63, 3.8) is 0 Å². The van der Waals surface area contributed by atoms with Crippen LogP contribution in [0.2, 0.25) is 0 Å². The molecule has 0 saturated heterocycles. The lowest BCUT2D eigenvalue weighted by atomic mass is 9.82. The monoisotopic (exact) mass is 382 g/mol. The number of hydrogen-bond acceptors (Lipinski definition) is 3. The number of carbonyl (C=O) groups excluding carboxylic acids is 2. The number of unbranched alkanes of at least 4 members (excludes halogenated alkanes) is 7. The van der Waals surface area contributed by atoms with Gasteiger partial charge in [0, 0.05) is 12.0 Å². The zero-order chi connectivity index (χ0) is 20.2. The van der Waals surface area contributed by atoms with Crippen LogP contribution in [-0.4, -0.2) is 18.4 Å². The van der Waals surface area contributed by atoms with Gasteiger partial charge < -0.3 is 4.74 Å². The average Bonchev–Trinajstić information content (AvgIpc) is 2.71. The number of benzene rings is 1. The Bertz CT molecular complexity index is 698. The first-order valence-corrected chi connectivity index (χ1v) is 10.9. The zero-order valence-electron chi connectivity index (χ0n) is 17.5. The number of Topliss-reactive ketones (excluding diaryl/α,β-unsaturated/α-hetero) is 1. The minimum absolute atomic E-state index is 0.106. The molecule has 1 aromatic rings. The fourth-order valence-corrected chi connectivity index (χ4v) is 3.73. The van der Waals surface area contributed by atoms with E-state index in [1.807, 2.05) is 30.3 Å². The molecule has 0 saturated carbocycles. The van der Waals surface area contributed by atoms with Crippen molar-refractivity contribution in [2.75, 3.05) is 6.61 Å². The molecule has 3 nitrogen and oxygen atoms in total. The van der Waals surface area contributed by atoms with Gasteiger partial charge in [-0.25, -0.2) is 4.79 Å². The van der Waals surface area contributed by atoms with Crippen LogP contribution < -0.4 is 0 Å². The summed E-state index contributed by atoms with van der Waals surface area (Å²) in [6, 6.07) is 9.76. The highest BCUT2D eigenvalue weighted by molar-refractivity contribution is 6.25. The Labute approximate surface area is 169 Å². The first-order valence-electron chi connectivity index (χ1n) is 10.9. The van der Waals surface area contributed by atoms with Crippen LogP contribution in [-0.2, 0) is 14.3 Å². The van der Waals surface area contributed by atoms with Gasteiger partial charge in [-0.3, -0.25) is 4.79 Å². The maximum absolute atomic E-state index is 12.6. The molecule has 1 aromatic carbocycles. The van der Waals surface area contributed by atoms with Crippen LogP contribution in [0.25, 0.3) is 5.57 Å². The zero-order valence-corrected chi connectivity index (χ0v) is 17.5. The average molecular weight is 383 g/mol. The lowest BCUT2D eigenvalue weighted by molar-refractivity contribution is -0.140. The number of esters is 1. The van der Waals surface area contributed by atoms with Crippen LogP contribution >= 0.6 is 0 Å². The smallest absolute Gasteiger partial charge is 0.342 e. The molecular weight excluding hydrogens is 348 g/mol. The Morgan fingerprint density at radius 1 is 0.964 bits per heavy atom. The summed E-state index contributed by atoms with van der Waals surface area (Å²) in [7, 11) is 0. The van der Waals surface area contributed by atoms with Gasteiger partial charge in [0.1, 0.15) is 5.57 Å². The van der Waals surface area contributed by atoms with Crippen molar-refractivity contribution in [1.29, 1.82) is 0 Å². The van der Waals surface area contributed by atoms with Gasteiger partial charge in [0.05, 0.1) is 6.61 Å². The van der Waals surface area contributed by atoms with Gasteiger partial charge in [0.2, 0.25) is 0 Å². The Morgan fingerprint density at radius 3 is 2.32 bits per heavy atom. The van der Waals surface area contributed by atoms with Crippen LogP contribution in [0, 0.1) is 0 Å². The maximum Gasteiger partial charge on any atom is 0.342 e. The number of carbonyl (C=O) groups is 2. The third-order valence-corrected chi connectivity index (χ3v) is 5.21. The molecule has 0 bridgehead atoms. The molecule has 0 spiro atoms. The predicted molar refractivity (Wildman–Crippen MR) is 115 cm³/mol. The third-order valence-electron chi connectivity index (χ3n) is 5.21. The van der Waals surface area contributed by atoms with Gasteiger partial charge in [-0.2, -0.15) is 0 Å². The van der Waals surface area contributed by atoms with E-state index in [2.05, 4.69) is 13.0 Å². The van der Waals surface area contributed by atoms with Crippen LogP contribution in [0.3, 0.4) is 0 Å². The summed E-state index contributed by atoms with van der Waals surface area (Å²) in [5, 5.41) is 0. The minimum atomic E-state index is -0.493. The standard InChI is InChI=1S/C25H34O3/c1-3-5-6-7-8-9-10-12-17-21-18-19-22(26)24(25(27)28-4-2)23(21)20-15-13-11-14-16-20/h11,13-17H,3-10,12,18-19H2,1-2H3/b21-17-. The lowest BCUT2D eigenvalue weighted by Gasteiger charge is -2.22. The van der Waals surface area contributed by atoms with Crippen molar-refractivity contribution < 1.29 is 14.3 Å². The molecule has 1 aliphatic rings. The minimum Gasteiger partial charge on any atom is -0.462 e. The molecule has 3 heteroatoms. The summed E-state index contributed by atoms with van der Waals surface area (Å²) in [5.74, 6) is -0.599. The summed E-state index contributed by atoms with van der Waals surface area (Å²) in [5.41, 5.74) is 3.03.